The summed E-state index contributed by atoms with van der Waals surface area (Å²) in [5, 5.41) is 1.08. The van der Waals surface area contributed by atoms with Crippen LogP contribution in [-0.2, 0) is 0 Å². The summed E-state index contributed by atoms with van der Waals surface area (Å²) in [6.07, 6.45) is 9.55. The Labute approximate surface area is 84.2 Å². The molecule has 0 amide bonds. The van der Waals surface area contributed by atoms with Crippen molar-refractivity contribution in [2.45, 2.75) is 24.5 Å². The Balaban J connectivity index is 1.75. The fourth-order valence-electron chi connectivity index (χ4n) is 4.63. The predicted molar refractivity (Wildman–Crippen MR) is 56.7 cm³/mol. The van der Waals surface area contributed by atoms with Crippen molar-refractivity contribution in [2.24, 2.45) is 29.6 Å². The smallest absolute Gasteiger partial charge is 0.0112 e. The number of rotatable bonds is 0. The van der Waals surface area contributed by atoms with Crippen LogP contribution in [0.1, 0.15) is 19.3 Å². The fourth-order valence-corrected chi connectivity index (χ4v) is 6.44. The molecule has 0 aromatic rings. The van der Waals surface area contributed by atoms with Crippen LogP contribution in [0.2, 0.25) is 0 Å². The lowest BCUT2D eigenvalue weighted by Crippen LogP contribution is -2.31. The molecular formula is C12H16S. The summed E-state index contributed by atoms with van der Waals surface area (Å²) in [6.45, 7) is 0. The van der Waals surface area contributed by atoms with Gasteiger partial charge in [-0.1, -0.05) is 12.2 Å². The zero-order chi connectivity index (χ0) is 8.41. The van der Waals surface area contributed by atoms with E-state index in [4.69, 9.17) is 0 Å². The molecule has 2 bridgehead atoms. The van der Waals surface area contributed by atoms with Crippen molar-refractivity contribution in [1.82, 2.24) is 0 Å². The van der Waals surface area contributed by atoms with Crippen LogP contribution in [0, 0.1) is 29.6 Å². The van der Waals surface area contributed by atoms with Crippen molar-refractivity contribution in [1.29, 1.82) is 0 Å². The molecule has 1 aliphatic heterocycles. The van der Waals surface area contributed by atoms with Gasteiger partial charge in [0.05, 0.1) is 0 Å². The van der Waals surface area contributed by atoms with Gasteiger partial charge in [0.2, 0.25) is 0 Å². The van der Waals surface area contributed by atoms with Crippen LogP contribution >= 0.6 is 11.8 Å². The van der Waals surface area contributed by atoms with Crippen LogP contribution in [0.4, 0.5) is 0 Å². The normalized spacial score (nSPS) is 61.5. The Morgan fingerprint density at radius 2 is 2.08 bits per heavy atom. The average Bonchev–Trinajstić information content (AvgIpc) is 2.81. The molecule has 2 saturated carbocycles. The molecule has 3 fully saturated rings. The van der Waals surface area contributed by atoms with Crippen LogP contribution in [0.25, 0.3) is 0 Å². The molecule has 0 unspecified atom stereocenters. The molecular weight excluding hydrogens is 176 g/mol. The van der Waals surface area contributed by atoms with Crippen molar-refractivity contribution in [2.75, 3.05) is 5.75 Å². The molecule has 70 valence electrons. The number of hydrogen-bond acceptors (Lipinski definition) is 1. The van der Waals surface area contributed by atoms with Gasteiger partial charge in [-0.15, -0.1) is 0 Å². The molecule has 6 atom stereocenters. The molecule has 3 aliphatic carbocycles. The summed E-state index contributed by atoms with van der Waals surface area (Å²) in [4.78, 5) is 0. The summed E-state index contributed by atoms with van der Waals surface area (Å²) in [5.41, 5.74) is 0. The third-order valence-corrected chi connectivity index (χ3v) is 6.56. The van der Waals surface area contributed by atoms with Gasteiger partial charge in [-0.05, 0) is 54.6 Å². The van der Waals surface area contributed by atoms with Gasteiger partial charge in [0, 0.05) is 5.25 Å². The largest absolute Gasteiger partial charge is 0.158 e. The first-order chi connectivity index (χ1) is 6.45. The van der Waals surface area contributed by atoms with Crippen molar-refractivity contribution < 1.29 is 0 Å². The van der Waals surface area contributed by atoms with E-state index in [1.165, 1.54) is 12.2 Å². The van der Waals surface area contributed by atoms with Gasteiger partial charge in [-0.3, -0.25) is 0 Å². The van der Waals surface area contributed by atoms with Gasteiger partial charge in [0.1, 0.15) is 0 Å². The summed E-state index contributed by atoms with van der Waals surface area (Å²) in [6, 6.07) is 0. The Bertz CT molecular complexity index is 268. The highest BCUT2D eigenvalue weighted by molar-refractivity contribution is 8.00. The van der Waals surface area contributed by atoms with Gasteiger partial charge in [0.25, 0.3) is 0 Å². The number of allylic oxidation sites excluding steroid dienone is 2. The second-order valence-corrected chi connectivity index (χ2v) is 6.54. The third kappa shape index (κ3) is 0.766. The second kappa shape index (κ2) is 2.36. The summed E-state index contributed by atoms with van der Waals surface area (Å²) in [7, 11) is 0. The van der Waals surface area contributed by atoms with E-state index in [0.29, 0.717) is 0 Å². The van der Waals surface area contributed by atoms with Crippen LogP contribution in [0.15, 0.2) is 12.2 Å². The summed E-state index contributed by atoms with van der Waals surface area (Å²) in [5.74, 6) is 6.92. The Morgan fingerprint density at radius 1 is 1.08 bits per heavy atom. The molecule has 0 spiro atoms. The lowest BCUT2D eigenvalue weighted by atomic mass is 9.74. The van der Waals surface area contributed by atoms with Crippen LogP contribution < -0.4 is 0 Å². The van der Waals surface area contributed by atoms with E-state index in [1.807, 2.05) is 0 Å². The minimum Gasteiger partial charge on any atom is -0.158 e. The van der Waals surface area contributed by atoms with Gasteiger partial charge in [0.15, 0.2) is 0 Å². The lowest BCUT2D eigenvalue weighted by Gasteiger charge is -2.33. The molecule has 4 aliphatic rings. The summed E-state index contributed by atoms with van der Waals surface area (Å²) < 4.78 is 0. The first-order valence-electron chi connectivity index (χ1n) is 5.73. The minimum atomic E-state index is 1.01. The highest BCUT2D eigenvalue weighted by Gasteiger charge is 2.58. The van der Waals surface area contributed by atoms with E-state index in [2.05, 4.69) is 23.9 Å². The van der Waals surface area contributed by atoms with Gasteiger partial charge in [-0.2, -0.15) is 11.8 Å². The monoisotopic (exact) mass is 192 g/mol. The quantitative estimate of drug-likeness (QED) is 0.532. The Kier molecular flexibility index (Phi) is 1.34. The zero-order valence-electron chi connectivity index (χ0n) is 7.86. The van der Waals surface area contributed by atoms with Gasteiger partial charge < -0.3 is 0 Å². The molecule has 0 nitrogen and oxygen atoms in total. The molecule has 1 saturated heterocycles. The van der Waals surface area contributed by atoms with Gasteiger partial charge in [-0.25, -0.2) is 0 Å². The first-order valence-corrected chi connectivity index (χ1v) is 6.78. The van der Waals surface area contributed by atoms with Crippen molar-refractivity contribution in [3.8, 4) is 0 Å². The highest BCUT2D eigenvalue weighted by Crippen LogP contribution is 2.64. The fraction of sp³-hybridized carbons (Fsp3) is 0.833. The van der Waals surface area contributed by atoms with Crippen molar-refractivity contribution in [3.63, 3.8) is 0 Å². The third-order valence-electron chi connectivity index (χ3n) is 5.01. The van der Waals surface area contributed by atoms with Gasteiger partial charge >= 0.3 is 0 Å². The molecule has 4 rings (SSSR count). The molecule has 0 aromatic carbocycles. The van der Waals surface area contributed by atoms with Crippen LogP contribution in [0.3, 0.4) is 0 Å². The van der Waals surface area contributed by atoms with Crippen LogP contribution in [0.5, 0.6) is 0 Å². The van der Waals surface area contributed by atoms with E-state index in [1.54, 1.807) is 12.8 Å². The summed E-state index contributed by atoms with van der Waals surface area (Å²) >= 11 is 2.29. The lowest BCUT2D eigenvalue weighted by molar-refractivity contribution is 0.217. The number of hydrogen-bond donors (Lipinski definition) is 0. The zero-order valence-corrected chi connectivity index (χ0v) is 8.67. The van der Waals surface area contributed by atoms with E-state index in [9.17, 15) is 0 Å². The molecule has 13 heavy (non-hydrogen) atoms. The molecule has 0 N–H and O–H groups in total. The Morgan fingerprint density at radius 3 is 3.08 bits per heavy atom. The van der Waals surface area contributed by atoms with Crippen molar-refractivity contribution >= 4 is 11.8 Å². The van der Waals surface area contributed by atoms with Crippen LogP contribution in [-0.4, -0.2) is 11.0 Å². The average molecular weight is 192 g/mol. The maximum absolute atomic E-state index is 2.55. The Hall–Kier alpha value is 0.0900. The van der Waals surface area contributed by atoms with E-state index in [0.717, 1.165) is 34.8 Å². The SMILES string of the molecule is C1=C[C@@H]2[C@H](C1)[C@H]1C[C@@H]2[C@@H]2SCC[C@H]12. The van der Waals surface area contributed by atoms with E-state index >= 15 is 0 Å². The molecule has 0 radical (unpaired) electrons. The second-order valence-electron chi connectivity index (χ2n) is 5.26. The molecule has 1 heterocycles. The number of thioether (sulfide) groups is 1. The van der Waals surface area contributed by atoms with E-state index < -0.39 is 0 Å². The molecule has 0 aromatic heterocycles. The predicted octanol–water partition coefficient (Wildman–Crippen LogP) is 2.95. The number of fused-ring (bicyclic) bond motifs is 8. The maximum atomic E-state index is 2.55. The van der Waals surface area contributed by atoms with E-state index in [-0.39, 0.29) is 0 Å². The van der Waals surface area contributed by atoms with Crippen molar-refractivity contribution in [3.05, 3.63) is 12.2 Å². The molecule has 1 heteroatoms. The minimum absolute atomic E-state index is 1.01. The topological polar surface area (TPSA) is 0 Å². The maximum Gasteiger partial charge on any atom is 0.0112 e. The first kappa shape index (κ1) is 7.39. The highest BCUT2D eigenvalue weighted by atomic mass is 32.2. The standard InChI is InChI=1S/C12H16S/c1-2-7-8(3-1)11-6-10(7)9-4-5-13-12(9)11/h1,3,7-12H,2,4-6H2/t7-,8+,9+,10+,11-,12+/m0/s1.